The van der Waals surface area contributed by atoms with Crippen molar-refractivity contribution in [1.29, 1.82) is 5.26 Å². The van der Waals surface area contributed by atoms with Crippen LogP contribution in [0.15, 0.2) is 40.7 Å². The molecule has 2 aromatic rings. The van der Waals surface area contributed by atoms with Crippen molar-refractivity contribution in [2.45, 2.75) is 31.9 Å². The van der Waals surface area contributed by atoms with Crippen molar-refractivity contribution < 1.29 is 14.3 Å². The van der Waals surface area contributed by atoms with Crippen molar-refractivity contribution in [2.75, 3.05) is 20.1 Å². The van der Waals surface area contributed by atoms with Gasteiger partial charge in [0.25, 0.3) is 0 Å². The van der Waals surface area contributed by atoms with Crippen LogP contribution in [0.25, 0.3) is 11.1 Å². The van der Waals surface area contributed by atoms with Gasteiger partial charge >= 0.3 is 6.09 Å². The highest BCUT2D eigenvalue weighted by Crippen LogP contribution is 2.44. The van der Waals surface area contributed by atoms with E-state index in [1.54, 1.807) is 33.9 Å². The summed E-state index contributed by atoms with van der Waals surface area (Å²) >= 11 is 1.52. The number of guanidine groups is 1. The average molecular weight is 452 g/mol. The lowest BCUT2D eigenvalue weighted by Crippen LogP contribution is -2.56. The van der Waals surface area contributed by atoms with E-state index < -0.39 is 17.2 Å². The van der Waals surface area contributed by atoms with Gasteiger partial charge in [-0.2, -0.15) is 5.26 Å². The number of fused-ring (bicyclic) bond motifs is 1. The lowest BCUT2D eigenvalue weighted by atomic mass is 9.83. The Morgan fingerprint density at radius 2 is 2.16 bits per heavy atom. The molecular formula is C23H25N5O3S. The van der Waals surface area contributed by atoms with Crippen LogP contribution in [0, 0.1) is 17.2 Å². The number of carbonyl (C=O) groups excluding carboxylic acids is 2. The maximum Gasteiger partial charge on any atom is 0.414 e. The molecule has 0 bridgehead atoms. The van der Waals surface area contributed by atoms with Crippen LogP contribution in [-0.4, -0.2) is 48.6 Å². The molecular weight excluding hydrogens is 426 g/mol. The highest BCUT2D eigenvalue weighted by molar-refractivity contribution is 7.10. The first-order valence-corrected chi connectivity index (χ1v) is 11.2. The number of nitrogens with one attached hydrogen (secondary N) is 2. The summed E-state index contributed by atoms with van der Waals surface area (Å²) in [5.74, 6) is -0.322. The van der Waals surface area contributed by atoms with Gasteiger partial charge in [-0.25, -0.2) is 9.79 Å². The molecule has 1 fully saturated rings. The normalized spacial score (nSPS) is 22.7. The highest BCUT2D eigenvalue weighted by Gasteiger charge is 2.54. The molecule has 0 radical (unpaired) electrons. The molecule has 0 unspecified atom stereocenters. The Hall–Kier alpha value is -3.22. The highest BCUT2D eigenvalue weighted by atomic mass is 32.1. The van der Waals surface area contributed by atoms with Crippen molar-refractivity contribution in [3.8, 4) is 17.2 Å². The smallest absolute Gasteiger partial charge is 0.414 e. The number of ether oxygens (including phenoxy) is 1. The number of carbonyl (C=O) groups is 2. The van der Waals surface area contributed by atoms with Gasteiger partial charge in [0.1, 0.15) is 11.1 Å². The second kappa shape index (κ2) is 8.04. The van der Waals surface area contributed by atoms with Gasteiger partial charge in [-0.15, -0.1) is 11.3 Å². The standard InChI is InChI=1S/C23H25N5O3S/c1-22(2,3)31-21(30)26-20-27-23(13-25-11-17(23)19(29)28(20)4)18-9-16(12-32-18)15-7-5-6-14(8-15)10-24/h5-9,12,17,25H,11,13H2,1-4H3,(H,26,27,30)/t17-,23-/m0/s1. The molecule has 0 spiro atoms. The van der Waals surface area contributed by atoms with E-state index >= 15 is 0 Å². The number of rotatable bonds is 2. The summed E-state index contributed by atoms with van der Waals surface area (Å²) in [4.78, 5) is 32.8. The Morgan fingerprint density at radius 1 is 1.38 bits per heavy atom. The molecule has 1 saturated heterocycles. The van der Waals surface area contributed by atoms with Crippen LogP contribution in [0.3, 0.4) is 0 Å². The summed E-state index contributed by atoms with van der Waals surface area (Å²) in [6.07, 6.45) is -0.657. The predicted molar refractivity (Wildman–Crippen MR) is 122 cm³/mol. The first-order chi connectivity index (χ1) is 15.1. The quantitative estimate of drug-likeness (QED) is 0.730. The summed E-state index contributed by atoms with van der Waals surface area (Å²) in [6.45, 7) is 6.31. The van der Waals surface area contributed by atoms with Gasteiger partial charge < -0.3 is 10.1 Å². The second-order valence-electron chi connectivity index (χ2n) is 8.96. The van der Waals surface area contributed by atoms with E-state index in [0.717, 1.165) is 16.0 Å². The van der Waals surface area contributed by atoms with Gasteiger partial charge in [0.05, 0.1) is 17.6 Å². The van der Waals surface area contributed by atoms with Gasteiger partial charge in [0, 0.05) is 25.0 Å². The molecule has 2 amide bonds. The zero-order valence-corrected chi connectivity index (χ0v) is 19.2. The molecule has 2 aliphatic rings. The topological polar surface area (TPSA) is 107 Å². The number of aliphatic imine (C=N–C) groups is 1. The van der Waals surface area contributed by atoms with E-state index in [-0.39, 0.29) is 17.8 Å². The molecule has 2 N–H and O–H groups in total. The molecule has 9 heteroatoms. The van der Waals surface area contributed by atoms with Gasteiger partial charge in [0.15, 0.2) is 0 Å². The second-order valence-corrected chi connectivity index (χ2v) is 9.87. The van der Waals surface area contributed by atoms with Crippen LogP contribution >= 0.6 is 11.3 Å². The minimum atomic E-state index is -0.816. The van der Waals surface area contributed by atoms with Crippen LogP contribution < -0.4 is 10.6 Å². The zero-order valence-electron chi connectivity index (χ0n) is 18.4. The maximum atomic E-state index is 13.2. The minimum Gasteiger partial charge on any atom is -0.444 e. The monoisotopic (exact) mass is 451 g/mol. The maximum absolute atomic E-state index is 13.2. The zero-order chi connectivity index (χ0) is 23.1. The molecule has 2 aliphatic heterocycles. The Labute approximate surface area is 190 Å². The van der Waals surface area contributed by atoms with E-state index in [2.05, 4.69) is 16.7 Å². The summed E-state index contributed by atoms with van der Waals surface area (Å²) < 4.78 is 5.35. The number of amides is 2. The fourth-order valence-electron chi connectivity index (χ4n) is 4.01. The summed E-state index contributed by atoms with van der Waals surface area (Å²) in [5.41, 5.74) is 0.998. The third-order valence-corrected chi connectivity index (χ3v) is 6.63. The molecule has 2 atom stereocenters. The number of thiophene rings is 1. The molecule has 0 saturated carbocycles. The first kappa shape index (κ1) is 22.0. The predicted octanol–water partition coefficient (Wildman–Crippen LogP) is 3.05. The first-order valence-electron chi connectivity index (χ1n) is 10.3. The summed E-state index contributed by atoms with van der Waals surface area (Å²) in [7, 11) is 1.61. The third kappa shape index (κ3) is 3.99. The van der Waals surface area contributed by atoms with Crippen molar-refractivity contribution in [1.82, 2.24) is 15.5 Å². The van der Waals surface area contributed by atoms with E-state index in [1.165, 1.54) is 16.2 Å². The Kier molecular flexibility index (Phi) is 5.53. The van der Waals surface area contributed by atoms with Gasteiger partial charge in [0.2, 0.25) is 11.9 Å². The van der Waals surface area contributed by atoms with E-state index in [1.807, 2.05) is 29.6 Å². The molecule has 3 heterocycles. The van der Waals surface area contributed by atoms with Gasteiger partial charge in [-0.3, -0.25) is 15.0 Å². The number of nitriles is 1. The minimum absolute atomic E-state index is 0.113. The van der Waals surface area contributed by atoms with Gasteiger partial charge in [-0.1, -0.05) is 12.1 Å². The average Bonchev–Trinajstić information content (AvgIpc) is 3.39. The fourth-order valence-corrected chi connectivity index (χ4v) is 5.13. The molecule has 8 nitrogen and oxygen atoms in total. The van der Waals surface area contributed by atoms with Crippen molar-refractivity contribution in [2.24, 2.45) is 10.9 Å². The van der Waals surface area contributed by atoms with Crippen LogP contribution in [0.5, 0.6) is 0 Å². The number of hydrogen-bond acceptors (Lipinski definition) is 7. The number of alkyl carbamates (subject to hydrolysis) is 1. The Bertz CT molecular complexity index is 1140. The van der Waals surface area contributed by atoms with Crippen LogP contribution in [0.1, 0.15) is 31.2 Å². The fraction of sp³-hybridized carbons (Fsp3) is 0.391. The van der Waals surface area contributed by atoms with Crippen LogP contribution in [-0.2, 0) is 15.1 Å². The largest absolute Gasteiger partial charge is 0.444 e. The molecule has 1 aromatic heterocycles. The molecule has 32 heavy (non-hydrogen) atoms. The van der Waals surface area contributed by atoms with Crippen molar-refractivity contribution in [3.63, 3.8) is 0 Å². The molecule has 1 aromatic carbocycles. The van der Waals surface area contributed by atoms with Gasteiger partial charge in [-0.05, 0) is 55.5 Å². The number of hydrogen-bond donors (Lipinski definition) is 2. The van der Waals surface area contributed by atoms with Crippen molar-refractivity contribution in [3.05, 3.63) is 46.2 Å². The van der Waals surface area contributed by atoms with E-state index in [0.29, 0.717) is 18.7 Å². The van der Waals surface area contributed by atoms with Crippen LogP contribution in [0.4, 0.5) is 4.79 Å². The molecule has 4 rings (SSSR count). The summed E-state index contributed by atoms with van der Waals surface area (Å²) in [6, 6.07) is 11.6. The van der Waals surface area contributed by atoms with Crippen LogP contribution in [0.2, 0.25) is 0 Å². The number of nitrogens with zero attached hydrogens (tertiary/aromatic N) is 3. The SMILES string of the molecule is CN1C(=O)[C@@H]2CNC[C@]2(c2cc(-c3cccc(C#N)c3)cs2)N=C1NC(=O)OC(C)(C)C. The van der Waals surface area contributed by atoms with E-state index in [9.17, 15) is 14.9 Å². The van der Waals surface area contributed by atoms with E-state index in [4.69, 9.17) is 9.73 Å². The number of benzene rings is 1. The lowest BCUT2D eigenvalue weighted by molar-refractivity contribution is -0.132. The Morgan fingerprint density at radius 3 is 2.88 bits per heavy atom. The third-order valence-electron chi connectivity index (χ3n) is 5.54. The molecule has 166 valence electrons. The summed E-state index contributed by atoms with van der Waals surface area (Å²) in [5, 5.41) is 17.2. The Balaban J connectivity index is 1.72. The lowest BCUT2D eigenvalue weighted by Gasteiger charge is -2.38. The molecule has 0 aliphatic carbocycles. The van der Waals surface area contributed by atoms with Crippen molar-refractivity contribution >= 4 is 29.3 Å².